The first kappa shape index (κ1) is 25.8. The molecule has 9 heteroatoms. The summed E-state index contributed by atoms with van der Waals surface area (Å²) in [6, 6.07) is 17.5. The fraction of sp³-hybridized carbons (Fsp3) is 0.214. The number of anilines is 1. The summed E-state index contributed by atoms with van der Waals surface area (Å²) in [4.78, 5) is 25.3. The second kappa shape index (κ2) is 10.4. The van der Waals surface area contributed by atoms with Gasteiger partial charge in [-0.3, -0.25) is 9.59 Å². The van der Waals surface area contributed by atoms with E-state index in [2.05, 4.69) is 5.32 Å². The molecule has 0 atom stereocenters. The predicted molar refractivity (Wildman–Crippen MR) is 133 cm³/mol. The van der Waals surface area contributed by atoms with E-state index in [9.17, 15) is 22.8 Å². The molecule has 1 aromatic heterocycles. The van der Waals surface area contributed by atoms with Gasteiger partial charge in [0.05, 0.1) is 5.39 Å². The van der Waals surface area contributed by atoms with Gasteiger partial charge in [0.2, 0.25) is 11.2 Å². The minimum atomic E-state index is -5.00. The van der Waals surface area contributed by atoms with E-state index in [0.717, 1.165) is 11.6 Å². The van der Waals surface area contributed by atoms with E-state index in [1.807, 2.05) is 32.9 Å². The molecule has 37 heavy (non-hydrogen) atoms. The number of hydrogen-bond donors (Lipinski definition) is 1. The molecule has 1 heterocycles. The second-order valence-electron chi connectivity index (χ2n) is 8.74. The molecule has 0 aliphatic carbocycles. The number of alkyl halides is 3. The SMILES string of the molecule is Cc1ccc(NC(=O)COc2ccc3c(=O)c(Oc4ccccc4C(C)C)c(C(F)(F)F)oc3c2)cc1. The van der Waals surface area contributed by atoms with Crippen molar-refractivity contribution >= 4 is 22.6 Å². The van der Waals surface area contributed by atoms with Crippen molar-refractivity contribution in [3.63, 3.8) is 0 Å². The molecule has 192 valence electrons. The molecule has 0 aliphatic heterocycles. The second-order valence-corrected chi connectivity index (χ2v) is 8.74. The first-order valence-corrected chi connectivity index (χ1v) is 11.5. The molecule has 0 saturated carbocycles. The maximum absolute atomic E-state index is 13.9. The van der Waals surface area contributed by atoms with E-state index >= 15 is 0 Å². The van der Waals surface area contributed by atoms with Crippen LogP contribution in [0, 0.1) is 6.92 Å². The normalized spacial score (nSPS) is 11.5. The van der Waals surface area contributed by atoms with Crippen molar-refractivity contribution in [2.75, 3.05) is 11.9 Å². The Balaban J connectivity index is 1.63. The van der Waals surface area contributed by atoms with Crippen LogP contribution < -0.4 is 20.2 Å². The lowest BCUT2D eigenvalue weighted by atomic mass is 10.0. The number of hydrogen-bond acceptors (Lipinski definition) is 5. The summed E-state index contributed by atoms with van der Waals surface area (Å²) in [6.45, 7) is 5.23. The fourth-order valence-electron chi connectivity index (χ4n) is 3.67. The third-order valence-corrected chi connectivity index (χ3v) is 5.54. The van der Waals surface area contributed by atoms with E-state index in [1.54, 1.807) is 30.3 Å². The summed E-state index contributed by atoms with van der Waals surface area (Å²) in [6.07, 6.45) is -5.00. The molecule has 1 amide bonds. The van der Waals surface area contributed by atoms with Crippen molar-refractivity contribution in [3.8, 4) is 17.2 Å². The average Bonchev–Trinajstić information content (AvgIpc) is 2.85. The number of para-hydroxylation sites is 1. The van der Waals surface area contributed by atoms with Crippen LogP contribution in [-0.4, -0.2) is 12.5 Å². The summed E-state index contributed by atoms with van der Waals surface area (Å²) in [5.41, 5.74) is 0.921. The highest BCUT2D eigenvalue weighted by molar-refractivity contribution is 5.92. The van der Waals surface area contributed by atoms with E-state index < -0.39 is 35.6 Å². The Bertz CT molecular complexity index is 1490. The first-order valence-electron chi connectivity index (χ1n) is 11.5. The van der Waals surface area contributed by atoms with Crippen LogP contribution in [0.1, 0.15) is 36.7 Å². The highest BCUT2D eigenvalue weighted by Gasteiger charge is 2.40. The van der Waals surface area contributed by atoms with Gasteiger partial charge in [0.1, 0.15) is 17.1 Å². The maximum atomic E-state index is 13.9. The quantitative estimate of drug-likeness (QED) is 0.288. The molecule has 4 rings (SSSR count). The van der Waals surface area contributed by atoms with Crippen LogP contribution >= 0.6 is 0 Å². The molecule has 0 bridgehead atoms. The lowest BCUT2D eigenvalue weighted by molar-refractivity contribution is -0.154. The highest BCUT2D eigenvalue weighted by atomic mass is 19.4. The van der Waals surface area contributed by atoms with Gasteiger partial charge in [-0.2, -0.15) is 13.2 Å². The number of ether oxygens (including phenoxy) is 2. The molecule has 0 aliphatic rings. The number of carbonyl (C=O) groups excluding carboxylic acids is 1. The standard InChI is InChI=1S/C28H24F3NO5/c1-16(2)20-6-4-5-7-22(20)36-26-25(34)21-13-12-19(14-23(21)37-27(26)28(29,30)31)35-15-24(33)32-18-10-8-17(3)9-11-18/h4-14,16H,15H2,1-3H3,(H,32,33). The molecule has 6 nitrogen and oxygen atoms in total. The first-order chi connectivity index (χ1) is 17.5. The van der Waals surface area contributed by atoms with Gasteiger partial charge in [0.25, 0.3) is 11.7 Å². The van der Waals surface area contributed by atoms with E-state index in [-0.39, 0.29) is 28.4 Å². The van der Waals surface area contributed by atoms with Crippen LogP contribution in [0.5, 0.6) is 17.2 Å². The van der Waals surface area contributed by atoms with Crippen molar-refractivity contribution in [2.24, 2.45) is 0 Å². The number of benzene rings is 3. The lowest BCUT2D eigenvalue weighted by Crippen LogP contribution is -2.20. The zero-order chi connectivity index (χ0) is 26.7. The number of fused-ring (bicyclic) bond motifs is 1. The van der Waals surface area contributed by atoms with Crippen molar-refractivity contribution < 1.29 is 31.9 Å². The molecule has 0 saturated heterocycles. The van der Waals surface area contributed by atoms with Gasteiger partial charge >= 0.3 is 6.18 Å². The van der Waals surface area contributed by atoms with Crippen LogP contribution in [0.4, 0.5) is 18.9 Å². The number of halogens is 3. The minimum Gasteiger partial charge on any atom is -0.484 e. The van der Waals surface area contributed by atoms with E-state index in [4.69, 9.17) is 13.9 Å². The predicted octanol–water partition coefficient (Wildman–Crippen LogP) is 7.05. The molecule has 0 spiro atoms. The van der Waals surface area contributed by atoms with Gasteiger partial charge in [-0.05, 0) is 48.7 Å². The monoisotopic (exact) mass is 511 g/mol. The number of carbonyl (C=O) groups is 1. The molecular weight excluding hydrogens is 487 g/mol. The topological polar surface area (TPSA) is 77.8 Å². The third kappa shape index (κ3) is 5.94. The lowest BCUT2D eigenvalue weighted by Gasteiger charge is -2.16. The Kier molecular flexibility index (Phi) is 7.24. The number of rotatable bonds is 7. The van der Waals surface area contributed by atoms with Gasteiger partial charge in [-0.1, -0.05) is 49.7 Å². The van der Waals surface area contributed by atoms with Crippen LogP contribution in [0.25, 0.3) is 11.0 Å². The van der Waals surface area contributed by atoms with Gasteiger partial charge in [0, 0.05) is 11.8 Å². The summed E-state index contributed by atoms with van der Waals surface area (Å²) < 4.78 is 57.8. The Hall–Kier alpha value is -4.27. The Morgan fingerprint density at radius 2 is 1.73 bits per heavy atom. The van der Waals surface area contributed by atoms with Crippen molar-refractivity contribution in [3.05, 3.63) is 93.8 Å². The van der Waals surface area contributed by atoms with Crippen molar-refractivity contribution in [2.45, 2.75) is 32.9 Å². The smallest absolute Gasteiger partial charge is 0.453 e. The van der Waals surface area contributed by atoms with Crippen molar-refractivity contribution in [1.29, 1.82) is 0 Å². The Labute approximate surface area is 210 Å². The third-order valence-electron chi connectivity index (χ3n) is 5.54. The van der Waals surface area contributed by atoms with Crippen molar-refractivity contribution in [1.82, 2.24) is 0 Å². The molecule has 0 fully saturated rings. The maximum Gasteiger partial charge on any atom is 0.453 e. The largest absolute Gasteiger partial charge is 0.484 e. The van der Waals surface area contributed by atoms with Gasteiger partial charge in [-0.25, -0.2) is 0 Å². The van der Waals surface area contributed by atoms with E-state index in [1.165, 1.54) is 18.2 Å². The zero-order valence-corrected chi connectivity index (χ0v) is 20.3. The average molecular weight is 511 g/mol. The number of aryl methyl sites for hydroxylation is 1. The summed E-state index contributed by atoms with van der Waals surface area (Å²) in [5.74, 6) is -2.83. The molecule has 1 N–H and O–H groups in total. The molecule has 0 unspecified atom stereocenters. The van der Waals surface area contributed by atoms with Crippen LogP contribution in [0.15, 0.2) is 75.9 Å². The van der Waals surface area contributed by atoms with Crippen LogP contribution in [-0.2, 0) is 11.0 Å². The molecule has 0 radical (unpaired) electrons. The van der Waals surface area contributed by atoms with Gasteiger partial charge in [-0.15, -0.1) is 0 Å². The van der Waals surface area contributed by atoms with Crippen LogP contribution in [0.3, 0.4) is 0 Å². The summed E-state index contributed by atoms with van der Waals surface area (Å²) >= 11 is 0. The summed E-state index contributed by atoms with van der Waals surface area (Å²) in [7, 11) is 0. The van der Waals surface area contributed by atoms with E-state index in [0.29, 0.717) is 11.3 Å². The van der Waals surface area contributed by atoms with Gasteiger partial charge < -0.3 is 19.2 Å². The Morgan fingerprint density at radius 1 is 1.03 bits per heavy atom. The fourth-order valence-corrected chi connectivity index (χ4v) is 3.67. The molecular formula is C28H24F3NO5. The van der Waals surface area contributed by atoms with Gasteiger partial charge in [0.15, 0.2) is 6.61 Å². The van der Waals surface area contributed by atoms with Crippen LogP contribution in [0.2, 0.25) is 0 Å². The molecule has 4 aromatic rings. The number of amides is 1. The number of nitrogens with one attached hydrogen (secondary N) is 1. The highest BCUT2D eigenvalue weighted by Crippen LogP contribution is 2.40. The summed E-state index contributed by atoms with van der Waals surface area (Å²) in [5, 5.41) is 2.53. The minimum absolute atomic E-state index is 0.0547. The molecule has 3 aromatic carbocycles. The zero-order valence-electron chi connectivity index (χ0n) is 20.3. The Morgan fingerprint density at radius 3 is 2.41 bits per heavy atom.